The number of aldehydes is 1. The van der Waals surface area contributed by atoms with Crippen LogP contribution in [0.25, 0.3) is 0 Å². The van der Waals surface area contributed by atoms with Gasteiger partial charge in [0.1, 0.15) is 18.6 Å². The summed E-state index contributed by atoms with van der Waals surface area (Å²) in [6.45, 7) is 4.34. The molecule has 0 saturated carbocycles. The molecule has 98 valence electrons. The highest BCUT2D eigenvalue weighted by Gasteiger charge is 2.06. The summed E-state index contributed by atoms with van der Waals surface area (Å²) >= 11 is 5.93. The van der Waals surface area contributed by atoms with Crippen LogP contribution < -0.4 is 4.74 Å². The first-order valence-electron chi connectivity index (χ1n) is 6.04. The first-order chi connectivity index (χ1) is 9.10. The molecule has 19 heavy (non-hydrogen) atoms. The Kier molecular flexibility index (Phi) is 4.23. The van der Waals surface area contributed by atoms with E-state index in [1.807, 2.05) is 50.2 Å². The van der Waals surface area contributed by atoms with Gasteiger partial charge in [-0.2, -0.15) is 0 Å². The fourth-order valence-electron chi connectivity index (χ4n) is 2.06. The average Bonchev–Trinajstić information content (AvgIpc) is 2.37. The van der Waals surface area contributed by atoms with Crippen molar-refractivity contribution in [2.75, 3.05) is 0 Å². The minimum Gasteiger partial charge on any atom is -0.488 e. The predicted molar refractivity (Wildman–Crippen MR) is 77.1 cm³/mol. The fourth-order valence-corrected chi connectivity index (χ4v) is 2.27. The molecule has 0 amide bonds. The number of benzene rings is 2. The molecule has 0 saturated heterocycles. The quantitative estimate of drug-likeness (QED) is 0.775. The van der Waals surface area contributed by atoms with Gasteiger partial charge in [-0.15, -0.1) is 0 Å². The summed E-state index contributed by atoms with van der Waals surface area (Å²) in [6, 6.07) is 11.2. The summed E-state index contributed by atoms with van der Waals surface area (Å²) in [5, 5.41) is 0.700. The van der Waals surface area contributed by atoms with E-state index in [0.717, 1.165) is 28.7 Å². The van der Waals surface area contributed by atoms with Gasteiger partial charge in [-0.3, -0.25) is 4.79 Å². The van der Waals surface area contributed by atoms with E-state index >= 15 is 0 Å². The molecule has 0 aliphatic rings. The number of carbonyl (C=O) groups excluding carboxylic acids is 1. The number of rotatable bonds is 4. The molecule has 0 aliphatic heterocycles. The highest BCUT2D eigenvalue weighted by atomic mass is 35.5. The van der Waals surface area contributed by atoms with Crippen LogP contribution >= 0.6 is 11.6 Å². The number of hydrogen-bond donors (Lipinski definition) is 0. The van der Waals surface area contributed by atoms with Crippen LogP contribution in [0.15, 0.2) is 36.4 Å². The van der Waals surface area contributed by atoms with E-state index in [2.05, 4.69) is 0 Å². The molecular formula is C16H15ClO2. The Morgan fingerprint density at radius 2 is 1.84 bits per heavy atom. The van der Waals surface area contributed by atoms with Crippen molar-refractivity contribution in [1.29, 1.82) is 0 Å². The minimum absolute atomic E-state index is 0.461. The fraction of sp³-hybridized carbons (Fsp3) is 0.188. The third-order valence-corrected chi connectivity index (χ3v) is 3.13. The standard InChI is InChI=1S/C16H15ClO2/c1-11-6-14(9-18)7-12(2)16(11)19-10-13-4-3-5-15(17)8-13/h3-9H,10H2,1-2H3. The molecular weight excluding hydrogens is 260 g/mol. The summed E-state index contributed by atoms with van der Waals surface area (Å²) < 4.78 is 5.83. The monoisotopic (exact) mass is 274 g/mol. The Hall–Kier alpha value is -1.80. The summed E-state index contributed by atoms with van der Waals surface area (Å²) in [6.07, 6.45) is 0.848. The molecule has 0 radical (unpaired) electrons. The Labute approximate surface area is 118 Å². The molecule has 2 rings (SSSR count). The zero-order chi connectivity index (χ0) is 13.8. The topological polar surface area (TPSA) is 26.3 Å². The first-order valence-corrected chi connectivity index (χ1v) is 6.41. The predicted octanol–water partition coefficient (Wildman–Crippen LogP) is 4.35. The van der Waals surface area contributed by atoms with Gasteiger partial charge in [0.05, 0.1) is 0 Å². The van der Waals surface area contributed by atoms with Crippen LogP contribution in [0.1, 0.15) is 27.0 Å². The van der Waals surface area contributed by atoms with E-state index in [4.69, 9.17) is 16.3 Å². The van der Waals surface area contributed by atoms with Gasteiger partial charge in [0.15, 0.2) is 0 Å². The van der Waals surface area contributed by atoms with Gasteiger partial charge in [-0.1, -0.05) is 23.7 Å². The van der Waals surface area contributed by atoms with Crippen LogP contribution in [0.4, 0.5) is 0 Å². The van der Waals surface area contributed by atoms with E-state index < -0.39 is 0 Å². The minimum atomic E-state index is 0.461. The van der Waals surface area contributed by atoms with E-state index in [-0.39, 0.29) is 0 Å². The molecule has 0 unspecified atom stereocenters. The second-order valence-corrected chi connectivity index (χ2v) is 4.96. The van der Waals surface area contributed by atoms with Crippen molar-refractivity contribution in [2.45, 2.75) is 20.5 Å². The molecule has 2 aromatic rings. The average molecular weight is 275 g/mol. The Morgan fingerprint density at radius 1 is 1.16 bits per heavy atom. The first kappa shape index (κ1) is 13.6. The van der Waals surface area contributed by atoms with Crippen LogP contribution in [0.3, 0.4) is 0 Å². The number of carbonyl (C=O) groups is 1. The number of hydrogen-bond acceptors (Lipinski definition) is 2. The zero-order valence-corrected chi connectivity index (χ0v) is 11.7. The zero-order valence-electron chi connectivity index (χ0n) is 10.9. The second-order valence-electron chi connectivity index (χ2n) is 4.52. The molecule has 2 nitrogen and oxygen atoms in total. The van der Waals surface area contributed by atoms with E-state index in [1.165, 1.54) is 0 Å². The largest absolute Gasteiger partial charge is 0.488 e. The van der Waals surface area contributed by atoms with Crippen molar-refractivity contribution >= 4 is 17.9 Å². The van der Waals surface area contributed by atoms with E-state index in [0.29, 0.717) is 17.2 Å². The Balaban J connectivity index is 2.18. The molecule has 0 N–H and O–H groups in total. The Morgan fingerprint density at radius 3 is 2.42 bits per heavy atom. The lowest BCUT2D eigenvalue weighted by atomic mass is 10.1. The third kappa shape index (κ3) is 3.36. The maximum atomic E-state index is 10.8. The normalized spacial score (nSPS) is 10.3. The van der Waals surface area contributed by atoms with Gasteiger partial charge < -0.3 is 4.74 Å². The molecule has 0 aliphatic carbocycles. The maximum Gasteiger partial charge on any atom is 0.150 e. The van der Waals surface area contributed by atoms with Gasteiger partial charge in [-0.25, -0.2) is 0 Å². The summed E-state index contributed by atoms with van der Waals surface area (Å²) in [5.74, 6) is 0.825. The molecule has 0 spiro atoms. The Bertz CT molecular complexity index is 582. The molecule has 0 bridgehead atoms. The van der Waals surface area contributed by atoms with Crippen LogP contribution in [0, 0.1) is 13.8 Å². The van der Waals surface area contributed by atoms with Crippen molar-refractivity contribution in [3.63, 3.8) is 0 Å². The van der Waals surface area contributed by atoms with Gasteiger partial charge in [0, 0.05) is 10.6 Å². The molecule has 2 aromatic carbocycles. The molecule has 3 heteroatoms. The lowest BCUT2D eigenvalue weighted by Gasteiger charge is -2.13. The van der Waals surface area contributed by atoms with Crippen molar-refractivity contribution in [2.24, 2.45) is 0 Å². The summed E-state index contributed by atoms with van der Waals surface area (Å²) in [5.41, 5.74) is 3.61. The van der Waals surface area contributed by atoms with Crippen molar-refractivity contribution in [3.8, 4) is 5.75 Å². The summed E-state index contributed by atoms with van der Waals surface area (Å²) in [4.78, 5) is 10.8. The van der Waals surface area contributed by atoms with Gasteiger partial charge >= 0.3 is 0 Å². The van der Waals surface area contributed by atoms with Crippen LogP contribution in [0.5, 0.6) is 5.75 Å². The number of halogens is 1. The maximum absolute atomic E-state index is 10.8. The second kappa shape index (κ2) is 5.89. The lowest BCUT2D eigenvalue weighted by Crippen LogP contribution is -2.00. The van der Waals surface area contributed by atoms with Crippen molar-refractivity contribution in [3.05, 3.63) is 63.7 Å². The SMILES string of the molecule is Cc1cc(C=O)cc(C)c1OCc1cccc(Cl)c1. The van der Waals surface area contributed by atoms with Crippen molar-refractivity contribution < 1.29 is 9.53 Å². The molecule has 0 heterocycles. The molecule has 0 aromatic heterocycles. The number of ether oxygens (including phenoxy) is 1. The molecule has 0 atom stereocenters. The van der Waals surface area contributed by atoms with E-state index in [1.54, 1.807) is 0 Å². The van der Waals surface area contributed by atoms with Crippen LogP contribution in [0.2, 0.25) is 5.02 Å². The third-order valence-electron chi connectivity index (χ3n) is 2.89. The smallest absolute Gasteiger partial charge is 0.150 e. The van der Waals surface area contributed by atoms with Crippen molar-refractivity contribution in [1.82, 2.24) is 0 Å². The number of aryl methyl sites for hydroxylation is 2. The van der Waals surface area contributed by atoms with E-state index in [9.17, 15) is 4.79 Å². The van der Waals surface area contributed by atoms with Gasteiger partial charge in [0.25, 0.3) is 0 Å². The summed E-state index contributed by atoms with van der Waals surface area (Å²) in [7, 11) is 0. The lowest BCUT2D eigenvalue weighted by molar-refractivity contribution is 0.112. The highest BCUT2D eigenvalue weighted by Crippen LogP contribution is 2.25. The highest BCUT2D eigenvalue weighted by molar-refractivity contribution is 6.30. The van der Waals surface area contributed by atoms with Gasteiger partial charge in [0.2, 0.25) is 0 Å². The van der Waals surface area contributed by atoms with Gasteiger partial charge in [-0.05, 0) is 54.8 Å². The van der Waals surface area contributed by atoms with Crippen LogP contribution in [-0.2, 0) is 6.61 Å². The molecule has 0 fully saturated rings. The van der Waals surface area contributed by atoms with Crippen LogP contribution in [-0.4, -0.2) is 6.29 Å².